The van der Waals surface area contributed by atoms with Crippen LogP contribution in [-0.2, 0) is 16.1 Å². The number of hydrogen-bond acceptors (Lipinski definition) is 4. The van der Waals surface area contributed by atoms with Gasteiger partial charge in [-0.15, -0.1) is 11.8 Å². The quantitative estimate of drug-likeness (QED) is 0.802. The van der Waals surface area contributed by atoms with Gasteiger partial charge in [0.1, 0.15) is 6.04 Å². The van der Waals surface area contributed by atoms with Crippen molar-refractivity contribution in [3.05, 3.63) is 18.5 Å². The Balaban J connectivity index is 1.77. The molecule has 1 atom stereocenters. The van der Waals surface area contributed by atoms with E-state index in [1.54, 1.807) is 22.9 Å². The van der Waals surface area contributed by atoms with Gasteiger partial charge in [0, 0.05) is 37.7 Å². The summed E-state index contributed by atoms with van der Waals surface area (Å²) in [6.07, 6.45) is 4.94. The Morgan fingerprint density at radius 3 is 2.83 bits per heavy atom. The number of hydrogen-bond donors (Lipinski definition) is 1. The van der Waals surface area contributed by atoms with Crippen molar-refractivity contribution >= 4 is 23.6 Å². The first kappa shape index (κ1) is 17.8. The Labute approximate surface area is 142 Å². The predicted octanol–water partition coefficient (Wildman–Crippen LogP) is 1.73. The number of aromatic nitrogens is 2. The van der Waals surface area contributed by atoms with E-state index in [2.05, 4.69) is 10.4 Å². The van der Waals surface area contributed by atoms with Gasteiger partial charge in [-0.05, 0) is 17.9 Å². The van der Waals surface area contributed by atoms with Crippen LogP contribution >= 0.6 is 11.8 Å². The van der Waals surface area contributed by atoms with Gasteiger partial charge in [0.2, 0.25) is 11.8 Å². The summed E-state index contributed by atoms with van der Waals surface area (Å²) in [6.45, 7) is 7.50. The molecule has 0 spiro atoms. The molecule has 0 radical (unpaired) electrons. The molecule has 1 unspecified atom stereocenters. The van der Waals surface area contributed by atoms with E-state index in [-0.39, 0.29) is 23.3 Å². The number of carbonyl (C=O) groups is 2. The highest BCUT2D eigenvalue weighted by molar-refractivity contribution is 7.99. The maximum absolute atomic E-state index is 12.4. The fraction of sp³-hybridized carbons (Fsp3) is 0.688. The lowest BCUT2D eigenvalue weighted by Crippen LogP contribution is -2.48. The van der Waals surface area contributed by atoms with Crippen molar-refractivity contribution in [1.29, 1.82) is 0 Å². The third kappa shape index (κ3) is 5.57. The smallest absolute Gasteiger partial charge is 0.243 e. The summed E-state index contributed by atoms with van der Waals surface area (Å²) in [7, 11) is 0. The molecular formula is C16H26N4O2S. The molecule has 2 amide bonds. The van der Waals surface area contributed by atoms with Gasteiger partial charge >= 0.3 is 0 Å². The van der Waals surface area contributed by atoms with Gasteiger partial charge in [-0.3, -0.25) is 14.3 Å². The van der Waals surface area contributed by atoms with Crippen LogP contribution in [0.3, 0.4) is 0 Å². The molecule has 2 heterocycles. The molecule has 1 saturated heterocycles. The minimum Gasteiger partial charge on any atom is -0.354 e. The van der Waals surface area contributed by atoms with Gasteiger partial charge in [-0.2, -0.15) is 5.10 Å². The first-order chi connectivity index (χ1) is 10.9. The largest absolute Gasteiger partial charge is 0.354 e. The maximum Gasteiger partial charge on any atom is 0.243 e. The predicted molar refractivity (Wildman–Crippen MR) is 91.9 cm³/mol. The van der Waals surface area contributed by atoms with Crippen molar-refractivity contribution in [2.75, 3.05) is 18.2 Å². The fourth-order valence-electron chi connectivity index (χ4n) is 2.46. The zero-order chi connectivity index (χ0) is 16.9. The van der Waals surface area contributed by atoms with Crippen molar-refractivity contribution in [1.82, 2.24) is 20.0 Å². The van der Waals surface area contributed by atoms with Crippen molar-refractivity contribution in [3.8, 4) is 0 Å². The summed E-state index contributed by atoms with van der Waals surface area (Å²) in [5.41, 5.74) is -0.0604. The molecule has 1 fully saturated rings. The number of amides is 2. The number of aryl methyl sites for hydroxylation is 1. The Morgan fingerprint density at radius 2 is 2.17 bits per heavy atom. The molecule has 2 rings (SSSR count). The topological polar surface area (TPSA) is 67.2 Å². The summed E-state index contributed by atoms with van der Waals surface area (Å²) in [6, 6.07) is 1.55. The first-order valence-electron chi connectivity index (χ1n) is 7.99. The van der Waals surface area contributed by atoms with Crippen molar-refractivity contribution in [2.45, 2.75) is 46.2 Å². The van der Waals surface area contributed by atoms with Gasteiger partial charge in [0.15, 0.2) is 0 Å². The van der Waals surface area contributed by atoms with Crippen LogP contribution in [0, 0.1) is 5.41 Å². The lowest BCUT2D eigenvalue weighted by Gasteiger charge is -2.26. The molecule has 1 N–H and O–H groups in total. The minimum absolute atomic E-state index is 0.0438. The summed E-state index contributed by atoms with van der Waals surface area (Å²) in [5.74, 6) is 1.32. The van der Waals surface area contributed by atoms with E-state index >= 15 is 0 Å². The molecule has 1 aromatic heterocycles. The van der Waals surface area contributed by atoms with Crippen LogP contribution < -0.4 is 5.32 Å². The highest BCUT2D eigenvalue weighted by atomic mass is 32.2. The van der Waals surface area contributed by atoms with E-state index in [0.717, 1.165) is 13.0 Å². The second-order valence-electron chi connectivity index (χ2n) is 7.03. The Hall–Kier alpha value is -1.50. The molecule has 1 aliphatic rings. The summed E-state index contributed by atoms with van der Waals surface area (Å²) >= 11 is 1.64. The molecule has 0 saturated carbocycles. The van der Waals surface area contributed by atoms with E-state index in [1.165, 1.54) is 0 Å². The third-order valence-corrected chi connectivity index (χ3v) is 4.62. The minimum atomic E-state index is -0.334. The average Bonchev–Trinajstić information content (AvgIpc) is 3.12. The highest BCUT2D eigenvalue weighted by Crippen LogP contribution is 2.26. The lowest BCUT2D eigenvalue weighted by molar-refractivity contribution is -0.139. The molecule has 7 heteroatoms. The van der Waals surface area contributed by atoms with Crippen LogP contribution in [-0.4, -0.2) is 50.7 Å². The summed E-state index contributed by atoms with van der Waals surface area (Å²) < 4.78 is 1.84. The molecule has 6 nitrogen and oxygen atoms in total. The van der Waals surface area contributed by atoms with E-state index < -0.39 is 0 Å². The molecule has 0 aliphatic carbocycles. The van der Waals surface area contributed by atoms with Crippen molar-refractivity contribution < 1.29 is 9.59 Å². The maximum atomic E-state index is 12.4. The van der Waals surface area contributed by atoms with Gasteiger partial charge in [-0.25, -0.2) is 0 Å². The second kappa shape index (κ2) is 7.86. The molecule has 1 aromatic rings. The molecule has 23 heavy (non-hydrogen) atoms. The summed E-state index contributed by atoms with van der Waals surface area (Å²) in [4.78, 5) is 26.4. The summed E-state index contributed by atoms with van der Waals surface area (Å²) in [5, 5.41) is 7.07. The van der Waals surface area contributed by atoms with E-state index in [0.29, 0.717) is 24.6 Å². The molecule has 0 bridgehead atoms. The Morgan fingerprint density at radius 1 is 1.39 bits per heavy atom. The first-order valence-corrected chi connectivity index (χ1v) is 9.15. The second-order valence-corrected chi connectivity index (χ2v) is 8.03. The van der Waals surface area contributed by atoms with Gasteiger partial charge in [-0.1, -0.05) is 20.8 Å². The van der Waals surface area contributed by atoms with Gasteiger partial charge < -0.3 is 10.2 Å². The van der Waals surface area contributed by atoms with Crippen LogP contribution in [0.1, 0.15) is 33.6 Å². The SMILES string of the molecule is CC(C)(C)CC(=O)N1CSCC1C(=O)NCCCn1cccn1. The van der Waals surface area contributed by atoms with E-state index in [4.69, 9.17) is 0 Å². The fourth-order valence-corrected chi connectivity index (χ4v) is 3.64. The molecule has 128 valence electrons. The Bertz CT molecular complexity index is 525. The van der Waals surface area contributed by atoms with Gasteiger partial charge in [0.05, 0.1) is 5.88 Å². The van der Waals surface area contributed by atoms with E-state index in [1.807, 2.05) is 37.7 Å². The number of carbonyl (C=O) groups excluding carboxylic acids is 2. The van der Waals surface area contributed by atoms with Crippen molar-refractivity contribution in [3.63, 3.8) is 0 Å². The average molecular weight is 338 g/mol. The van der Waals surface area contributed by atoms with Crippen LogP contribution in [0.25, 0.3) is 0 Å². The molecule has 1 aliphatic heterocycles. The monoisotopic (exact) mass is 338 g/mol. The van der Waals surface area contributed by atoms with Gasteiger partial charge in [0.25, 0.3) is 0 Å². The number of thioether (sulfide) groups is 1. The number of nitrogens with zero attached hydrogens (tertiary/aromatic N) is 3. The molecular weight excluding hydrogens is 312 g/mol. The van der Waals surface area contributed by atoms with Crippen LogP contribution in [0.2, 0.25) is 0 Å². The molecule has 0 aromatic carbocycles. The van der Waals surface area contributed by atoms with E-state index in [9.17, 15) is 9.59 Å². The standard InChI is InChI=1S/C16H26N4O2S/c1-16(2,3)10-14(21)20-12-23-11-13(20)15(22)17-6-4-8-19-9-5-7-18-19/h5,7,9,13H,4,6,8,10-12H2,1-3H3,(H,17,22). The van der Waals surface area contributed by atoms with Crippen LogP contribution in [0.4, 0.5) is 0 Å². The van der Waals surface area contributed by atoms with Crippen molar-refractivity contribution in [2.24, 2.45) is 5.41 Å². The highest BCUT2D eigenvalue weighted by Gasteiger charge is 2.35. The number of nitrogens with one attached hydrogen (secondary N) is 1. The lowest BCUT2D eigenvalue weighted by atomic mass is 9.91. The normalized spacial score (nSPS) is 18.2. The van der Waals surface area contributed by atoms with Crippen LogP contribution in [0.5, 0.6) is 0 Å². The third-order valence-electron chi connectivity index (χ3n) is 3.61. The zero-order valence-electron chi connectivity index (χ0n) is 14.1. The Kier molecular flexibility index (Phi) is 6.10. The zero-order valence-corrected chi connectivity index (χ0v) is 14.9. The van der Waals surface area contributed by atoms with Crippen LogP contribution in [0.15, 0.2) is 18.5 Å². The number of rotatable bonds is 6.